The Bertz CT molecular complexity index is 560. The molecule has 0 bridgehead atoms. The van der Waals surface area contributed by atoms with Crippen molar-refractivity contribution in [3.05, 3.63) is 46.2 Å². The molecule has 0 amide bonds. The first kappa shape index (κ1) is 16.6. The average Bonchev–Trinajstić information content (AvgIpc) is 2.83. The quantitative estimate of drug-likeness (QED) is 0.902. The Hall–Kier alpha value is -1.44. The smallest absolute Gasteiger partial charge is 0.504 e. The Morgan fingerprint density at radius 3 is 2.45 bits per heavy atom. The van der Waals surface area contributed by atoms with Gasteiger partial charge in [-0.1, -0.05) is 18.2 Å². The molecule has 8 heteroatoms. The summed E-state index contributed by atoms with van der Waals surface area (Å²) in [7, 11) is 0. The first-order valence-electron chi connectivity index (χ1n) is 5.25. The highest BCUT2D eigenvalue weighted by Gasteiger charge is 2.33. The molecule has 3 N–H and O–H groups in total. The fraction of sp³-hybridized carbons (Fsp3) is 0.167. The number of ether oxygens (including phenoxy) is 1. The Morgan fingerprint density at radius 2 is 1.90 bits per heavy atom. The Morgan fingerprint density at radius 1 is 1.20 bits per heavy atom. The summed E-state index contributed by atoms with van der Waals surface area (Å²) < 4.78 is 40.2. The molecule has 2 rings (SSSR count). The third-order valence-electron chi connectivity index (χ3n) is 2.44. The lowest BCUT2D eigenvalue weighted by Crippen LogP contribution is -2.18. The van der Waals surface area contributed by atoms with Crippen LogP contribution in [0.5, 0.6) is 11.5 Å². The molecule has 0 aliphatic carbocycles. The van der Waals surface area contributed by atoms with E-state index in [-0.39, 0.29) is 18.0 Å². The molecule has 110 valence electrons. The number of aromatic hydroxyl groups is 1. The van der Waals surface area contributed by atoms with Gasteiger partial charge in [0.15, 0.2) is 11.5 Å². The minimum absolute atomic E-state index is 0. The lowest BCUT2D eigenvalue weighted by Gasteiger charge is -2.16. The average molecular weight is 326 g/mol. The molecule has 0 aliphatic rings. The van der Waals surface area contributed by atoms with Crippen molar-refractivity contribution in [2.75, 3.05) is 0 Å². The van der Waals surface area contributed by atoms with Gasteiger partial charge in [-0.05, 0) is 17.5 Å². The van der Waals surface area contributed by atoms with Crippen molar-refractivity contribution in [1.82, 2.24) is 0 Å². The summed E-state index contributed by atoms with van der Waals surface area (Å²) in [6.45, 7) is 0. The minimum atomic E-state index is -4.86. The Kier molecular flexibility index (Phi) is 5.27. The Balaban J connectivity index is 0.00000200. The van der Waals surface area contributed by atoms with Crippen LogP contribution < -0.4 is 10.5 Å². The van der Waals surface area contributed by atoms with E-state index in [9.17, 15) is 18.3 Å². The van der Waals surface area contributed by atoms with Crippen molar-refractivity contribution in [1.29, 1.82) is 0 Å². The second kappa shape index (κ2) is 6.34. The molecule has 0 saturated carbocycles. The van der Waals surface area contributed by atoms with Crippen LogP contribution in [0.1, 0.15) is 16.5 Å². The third kappa shape index (κ3) is 3.78. The van der Waals surface area contributed by atoms with E-state index in [1.165, 1.54) is 23.5 Å². The van der Waals surface area contributed by atoms with Gasteiger partial charge in [0.05, 0.1) is 6.04 Å². The van der Waals surface area contributed by atoms with E-state index in [0.717, 1.165) is 10.9 Å². The van der Waals surface area contributed by atoms with Crippen LogP contribution in [0.25, 0.3) is 0 Å². The number of phenols is 1. The molecule has 1 aromatic carbocycles. The molecular weight excluding hydrogens is 315 g/mol. The number of hydrogen-bond donors (Lipinski definition) is 2. The lowest BCUT2D eigenvalue weighted by molar-refractivity contribution is -0.275. The highest BCUT2D eigenvalue weighted by Crippen LogP contribution is 2.38. The molecule has 1 heterocycles. The number of benzene rings is 1. The monoisotopic (exact) mass is 325 g/mol. The molecule has 0 aliphatic heterocycles. The molecule has 2 aromatic rings. The maximum absolute atomic E-state index is 12.2. The molecule has 1 aromatic heterocycles. The molecule has 0 fully saturated rings. The molecule has 3 nitrogen and oxygen atoms in total. The lowest BCUT2D eigenvalue weighted by atomic mass is 10.0. The maximum atomic E-state index is 12.2. The van der Waals surface area contributed by atoms with Crippen LogP contribution >= 0.6 is 23.7 Å². The predicted octanol–water partition coefficient (Wildman–Crippen LogP) is 3.82. The topological polar surface area (TPSA) is 55.5 Å². The van der Waals surface area contributed by atoms with Crippen LogP contribution in [-0.2, 0) is 0 Å². The van der Waals surface area contributed by atoms with Gasteiger partial charge in [-0.2, -0.15) is 0 Å². The molecule has 0 radical (unpaired) electrons. The van der Waals surface area contributed by atoms with Crippen LogP contribution in [0.3, 0.4) is 0 Å². The number of nitrogens with two attached hydrogens (primary N) is 1. The van der Waals surface area contributed by atoms with E-state index in [1.807, 2.05) is 0 Å². The summed E-state index contributed by atoms with van der Waals surface area (Å²) in [6, 6.07) is 6.66. The Labute approximate surface area is 123 Å². The van der Waals surface area contributed by atoms with Crippen molar-refractivity contribution in [3.8, 4) is 11.5 Å². The summed E-state index contributed by atoms with van der Waals surface area (Å²) in [5, 5.41) is 11.6. The van der Waals surface area contributed by atoms with Gasteiger partial charge in [0, 0.05) is 10.4 Å². The number of thiophene rings is 1. The van der Waals surface area contributed by atoms with E-state index in [4.69, 9.17) is 5.73 Å². The second-order valence-electron chi connectivity index (χ2n) is 3.73. The third-order valence-corrected chi connectivity index (χ3v) is 3.40. The molecule has 1 atom stereocenters. The van der Waals surface area contributed by atoms with Crippen LogP contribution in [0.4, 0.5) is 13.2 Å². The van der Waals surface area contributed by atoms with E-state index < -0.39 is 23.9 Å². The SMILES string of the molecule is Cl.N[C@H](c1cccs1)c1cccc(OC(F)(F)F)c1O. The highest BCUT2D eigenvalue weighted by molar-refractivity contribution is 7.10. The van der Waals surface area contributed by atoms with Gasteiger partial charge in [0.1, 0.15) is 0 Å². The molecule has 20 heavy (non-hydrogen) atoms. The largest absolute Gasteiger partial charge is 0.573 e. The number of phenolic OH excluding ortho intramolecular Hbond substituents is 1. The van der Waals surface area contributed by atoms with Crippen LogP contribution in [0, 0.1) is 0 Å². The first-order valence-corrected chi connectivity index (χ1v) is 6.13. The van der Waals surface area contributed by atoms with Gasteiger partial charge in [0.2, 0.25) is 0 Å². The van der Waals surface area contributed by atoms with Gasteiger partial charge < -0.3 is 15.6 Å². The number of hydrogen-bond acceptors (Lipinski definition) is 4. The van der Waals surface area contributed by atoms with Crippen molar-refractivity contribution < 1.29 is 23.0 Å². The van der Waals surface area contributed by atoms with E-state index in [1.54, 1.807) is 17.5 Å². The van der Waals surface area contributed by atoms with Gasteiger partial charge in [-0.15, -0.1) is 36.9 Å². The maximum Gasteiger partial charge on any atom is 0.573 e. The van der Waals surface area contributed by atoms with Crippen molar-refractivity contribution in [2.24, 2.45) is 5.73 Å². The molecule has 0 spiro atoms. The standard InChI is InChI=1S/C12H10F3NO2S.ClH/c13-12(14,15)18-8-4-1-3-7(11(8)17)10(16)9-5-2-6-19-9;/h1-6,10,17H,16H2;1H/t10-;/m0./s1. The summed E-state index contributed by atoms with van der Waals surface area (Å²) in [4.78, 5) is 0.736. The number of halogens is 4. The summed E-state index contributed by atoms with van der Waals surface area (Å²) in [5.41, 5.74) is 6.09. The van der Waals surface area contributed by atoms with E-state index >= 15 is 0 Å². The van der Waals surface area contributed by atoms with Gasteiger partial charge in [0.25, 0.3) is 0 Å². The normalized spacial score (nSPS) is 12.6. The highest BCUT2D eigenvalue weighted by atomic mass is 35.5. The first-order chi connectivity index (χ1) is 8.88. The van der Waals surface area contributed by atoms with Crippen LogP contribution in [0.15, 0.2) is 35.7 Å². The fourth-order valence-corrected chi connectivity index (χ4v) is 2.36. The second-order valence-corrected chi connectivity index (χ2v) is 4.71. The van der Waals surface area contributed by atoms with Gasteiger partial charge >= 0.3 is 6.36 Å². The fourth-order valence-electron chi connectivity index (χ4n) is 1.62. The number of alkyl halides is 3. The molecule has 0 unspecified atom stereocenters. The van der Waals surface area contributed by atoms with Crippen molar-refractivity contribution in [2.45, 2.75) is 12.4 Å². The predicted molar refractivity (Wildman–Crippen MR) is 72.4 cm³/mol. The van der Waals surface area contributed by atoms with Gasteiger partial charge in [-0.25, -0.2) is 0 Å². The zero-order valence-electron chi connectivity index (χ0n) is 9.92. The summed E-state index contributed by atoms with van der Waals surface area (Å²) in [5.74, 6) is -1.25. The zero-order valence-corrected chi connectivity index (χ0v) is 11.6. The van der Waals surface area contributed by atoms with Crippen molar-refractivity contribution in [3.63, 3.8) is 0 Å². The minimum Gasteiger partial charge on any atom is -0.504 e. The van der Waals surface area contributed by atoms with Crippen LogP contribution in [0.2, 0.25) is 0 Å². The van der Waals surface area contributed by atoms with Crippen molar-refractivity contribution >= 4 is 23.7 Å². The molecule has 0 saturated heterocycles. The number of rotatable bonds is 3. The van der Waals surface area contributed by atoms with E-state index in [2.05, 4.69) is 4.74 Å². The number of para-hydroxylation sites is 1. The van der Waals surface area contributed by atoms with E-state index in [0.29, 0.717) is 0 Å². The summed E-state index contributed by atoms with van der Waals surface area (Å²) >= 11 is 1.35. The zero-order chi connectivity index (χ0) is 14.0. The molecular formula is C12H11ClF3NO2S. The summed E-state index contributed by atoms with van der Waals surface area (Å²) in [6.07, 6.45) is -4.86. The van der Waals surface area contributed by atoms with Crippen LogP contribution in [-0.4, -0.2) is 11.5 Å². The van der Waals surface area contributed by atoms with Gasteiger partial charge in [-0.3, -0.25) is 0 Å².